The summed E-state index contributed by atoms with van der Waals surface area (Å²) in [7, 11) is -2.93. The van der Waals surface area contributed by atoms with Crippen LogP contribution in [-0.4, -0.2) is 86.6 Å². The molecule has 2 heterocycles. The van der Waals surface area contributed by atoms with E-state index in [0.717, 1.165) is 5.56 Å². The molecule has 1 unspecified atom stereocenters. The monoisotopic (exact) mass is 503 g/mol. The van der Waals surface area contributed by atoms with Gasteiger partial charge in [0.15, 0.2) is 9.84 Å². The molecule has 0 aliphatic carbocycles. The van der Waals surface area contributed by atoms with Gasteiger partial charge in [0.2, 0.25) is 11.7 Å². The van der Waals surface area contributed by atoms with Crippen molar-refractivity contribution in [2.75, 3.05) is 50.8 Å². The molecule has 2 aliphatic heterocycles. The number of nitrogens with zero attached hydrogens (tertiary/aromatic N) is 2. The average molecular weight is 504 g/mol. The van der Waals surface area contributed by atoms with Gasteiger partial charge in [-0.25, -0.2) is 8.42 Å². The molecule has 0 saturated carbocycles. The average Bonchev–Trinajstić information content (AvgIpc) is 3.03. The summed E-state index contributed by atoms with van der Waals surface area (Å²) in [5, 5.41) is 3.71. The number of amides is 2. The number of hydrogen-bond donors (Lipinski definition) is 1. The quantitative estimate of drug-likeness (QED) is 0.308. The number of benzene rings is 1. The molecule has 1 aromatic rings. The van der Waals surface area contributed by atoms with Crippen molar-refractivity contribution in [1.82, 2.24) is 15.1 Å². The van der Waals surface area contributed by atoms with E-state index < -0.39 is 33.4 Å². The summed E-state index contributed by atoms with van der Waals surface area (Å²) in [5.74, 6) is -2.39. The zero-order valence-corrected chi connectivity index (χ0v) is 20.0. The van der Waals surface area contributed by atoms with Gasteiger partial charge in [-0.3, -0.25) is 14.4 Å². The first-order valence-electron chi connectivity index (χ1n) is 10.6. The van der Waals surface area contributed by atoms with Crippen LogP contribution in [0.5, 0.6) is 0 Å². The van der Waals surface area contributed by atoms with E-state index in [1.54, 1.807) is 12.1 Å². The summed E-state index contributed by atoms with van der Waals surface area (Å²) in [5.41, 5.74) is 0.998. The van der Waals surface area contributed by atoms with E-state index in [4.69, 9.17) is 23.2 Å². The zero-order valence-electron chi connectivity index (χ0n) is 17.7. The zero-order chi connectivity index (χ0) is 23.3. The van der Waals surface area contributed by atoms with Crippen LogP contribution in [0.4, 0.5) is 0 Å². The Morgan fingerprint density at radius 1 is 1.06 bits per heavy atom. The molecular weight excluding hydrogens is 477 g/mol. The van der Waals surface area contributed by atoms with Crippen molar-refractivity contribution in [1.29, 1.82) is 0 Å². The predicted octanol–water partition coefficient (Wildman–Crippen LogP) is 1.19. The van der Waals surface area contributed by atoms with Gasteiger partial charge in [0.05, 0.1) is 21.6 Å². The smallest absolute Gasteiger partial charge is 0.290 e. The van der Waals surface area contributed by atoms with Crippen LogP contribution in [0.15, 0.2) is 18.2 Å². The minimum atomic E-state index is -2.93. The topological polar surface area (TPSA) is 104 Å². The molecule has 1 aromatic carbocycles. The van der Waals surface area contributed by atoms with Crippen LogP contribution in [0.1, 0.15) is 18.4 Å². The van der Waals surface area contributed by atoms with Crippen LogP contribution >= 0.6 is 23.2 Å². The van der Waals surface area contributed by atoms with Crippen molar-refractivity contribution in [2.24, 2.45) is 5.92 Å². The molecule has 32 heavy (non-hydrogen) atoms. The number of halogens is 2. The molecular formula is C21H27Cl2N3O5S. The third kappa shape index (κ3) is 6.66. The number of sulfone groups is 1. The second kappa shape index (κ2) is 11.0. The number of Topliss-reactive ketones (excluding diaryl/α,β-unsaturated/α-hetero) is 1. The van der Waals surface area contributed by atoms with Crippen LogP contribution in [0.2, 0.25) is 10.0 Å². The van der Waals surface area contributed by atoms with E-state index in [1.165, 1.54) is 4.90 Å². The third-order valence-corrected chi connectivity index (χ3v) is 8.15. The lowest BCUT2D eigenvalue weighted by Gasteiger charge is -2.27. The Morgan fingerprint density at radius 2 is 1.78 bits per heavy atom. The van der Waals surface area contributed by atoms with Gasteiger partial charge in [-0.2, -0.15) is 0 Å². The van der Waals surface area contributed by atoms with Crippen molar-refractivity contribution >= 4 is 50.6 Å². The second-order valence-corrected chi connectivity index (χ2v) is 11.3. The highest BCUT2D eigenvalue weighted by molar-refractivity contribution is 7.91. The van der Waals surface area contributed by atoms with E-state index in [2.05, 4.69) is 5.32 Å². The normalized spacial score (nSPS) is 21.2. The number of likely N-dealkylation sites (tertiary alicyclic amines) is 1. The molecule has 3 rings (SSSR count). The lowest BCUT2D eigenvalue weighted by molar-refractivity contribution is -0.142. The lowest BCUT2D eigenvalue weighted by atomic mass is 10.1. The fourth-order valence-electron chi connectivity index (χ4n) is 3.87. The number of rotatable bonds is 9. The van der Waals surface area contributed by atoms with Gasteiger partial charge in [-0.05, 0) is 43.5 Å². The summed E-state index contributed by atoms with van der Waals surface area (Å²) in [4.78, 5) is 40.4. The van der Waals surface area contributed by atoms with Crippen molar-refractivity contribution in [3.8, 4) is 0 Å². The van der Waals surface area contributed by atoms with E-state index in [9.17, 15) is 22.8 Å². The Hall–Kier alpha value is -1.68. The molecule has 0 bridgehead atoms. The molecule has 2 amide bonds. The van der Waals surface area contributed by atoms with Gasteiger partial charge < -0.3 is 15.1 Å². The molecule has 2 fully saturated rings. The molecule has 0 spiro atoms. The first-order valence-corrected chi connectivity index (χ1v) is 13.2. The molecule has 2 saturated heterocycles. The number of nitrogens with one attached hydrogen (secondary N) is 1. The first-order chi connectivity index (χ1) is 15.2. The second-order valence-electron chi connectivity index (χ2n) is 8.16. The Kier molecular flexibility index (Phi) is 8.55. The maximum Gasteiger partial charge on any atom is 0.290 e. The molecule has 11 heteroatoms. The highest BCUT2D eigenvalue weighted by atomic mass is 35.5. The van der Waals surface area contributed by atoms with Crippen LogP contribution in [-0.2, 0) is 30.6 Å². The fraction of sp³-hybridized carbons (Fsp3) is 0.571. The molecule has 176 valence electrons. The van der Waals surface area contributed by atoms with Crippen molar-refractivity contribution in [2.45, 2.75) is 19.3 Å². The Balaban J connectivity index is 1.38. The van der Waals surface area contributed by atoms with E-state index in [-0.39, 0.29) is 18.1 Å². The van der Waals surface area contributed by atoms with Crippen LogP contribution in [0.3, 0.4) is 0 Å². The Morgan fingerprint density at radius 3 is 2.47 bits per heavy atom. The molecule has 1 N–H and O–H groups in total. The summed E-state index contributed by atoms with van der Waals surface area (Å²) in [6.45, 7) is 2.47. The van der Waals surface area contributed by atoms with Gasteiger partial charge in [0, 0.05) is 32.7 Å². The summed E-state index contributed by atoms with van der Waals surface area (Å²) in [6, 6.07) is 5.38. The third-order valence-electron chi connectivity index (χ3n) is 5.80. The SMILES string of the molecule is O=C(NCCCc1ccc(Cl)c(Cl)c1)C1CN(CCCN2CCS(=O)(=O)CC2)C(=O)C1=O. The number of hydrogen-bond acceptors (Lipinski definition) is 6. The van der Waals surface area contributed by atoms with E-state index in [0.29, 0.717) is 62.0 Å². The molecule has 0 aromatic heterocycles. The number of ketones is 1. The molecule has 0 radical (unpaired) electrons. The van der Waals surface area contributed by atoms with Crippen molar-refractivity contribution in [3.05, 3.63) is 33.8 Å². The van der Waals surface area contributed by atoms with Gasteiger partial charge in [-0.15, -0.1) is 0 Å². The summed E-state index contributed by atoms with van der Waals surface area (Å²) < 4.78 is 23.0. The van der Waals surface area contributed by atoms with E-state index in [1.807, 2.05) is 11.0 Å². The van der Waals surface area contributed by atoms with Gasteiger partial charge >= 0.3 is 0 Å². The highest BCUT2D eigenvalue weighted by Crippen LogP contribution is 2.23. The maximum atomic E-state index is 12.4. The standard InChI is InChI=1S/C21H27Cl2N3O5S/c22-17-5-4-15(13-18(17)23)3-1-6-24-20(28)16-14-26(21(29)19(16)27)8-2-7-25-9-11-32(30,31)12-10-25/h4-5,13,16H,1-3,6-12,14H2,(H,24,28). The summed E-state index contributed by atoms with van der Waals surface area (Å²) in [6.07, 6.45) is 1.98. The first kappa shape index (κ1) is 25.0. The lowest BCUT2D eigenvalue weighted by Crippen LogP contribution is -2.41. The van der Waals surface area contributed by atoms with Gasteiger partial charge in [0.25, 0.3) is 5.91 Å². The van der Waals surface area contributed by atoms with Crippen LogP contribution in [0.25, 0.3) is 0 Å². The molecule has 8 nitrogen and oxygen atoms in total. The highest BCUT2D eigenvalue weighted by Gasteiger charge is 2.42. The number of carbonyl (C=O) groups is 3. The van der Waals surface area contributed by atoms with Gasteiger partial charge in [0.1, 0.15) is 5.92 Å². The number of aryl methyl sites for hydroxylation is 1. The number of carbonyl (C=O) groups excluding carboxylic acids is 3. The molecule has 1 atom stereocenters. The van der Waals surface area contributed by atoms with Crippen LogP contribution in [0, 0.1) is 5.92 Å². The minimum Gasteiger partial charge on any atom is -0.355 e. The maximum absolute atomic E-state index is 12.4. The summed E-state index contributed by atoms with van der Waals surface area (Å²) >= 11 is 11.9. The Bertz CT molecular complexity index is 972. The Labute approximate surface area is 198 Å². The van der Waals surface area contributed by atoms with Crippen LogP contribution < -0.4 is 5.32 Å². The largest absolute Gasteiger partial charge is 0.355 e. The van der Waals surface area contributed by atoms with Crippen molar-refractivity contribution in [3.63, 3.8) is 0 Å². The molecule has 2 aliphatic rings. The van der Waals surface area contributed by atoms with Crippen molar-refractivity contribution < 1.29 is 22.8 Å². The van der Waals surface area contributed by atoms with Gasteiger partial charge in [-0.1, -0.05) is 29.3 Å². The fourth-order valence-corrected chi connectivity index (χ4v) is 5.46. The van der Waals surface area contributed by atoms with E-state index >= 15 is 0 Å². The predicted molar refractivity (Wildman–Crippen MR) is 123 cm³/mol. The minimum absolute atomic E-state index is 0.0880.